The molecule has 2 aliphatic heterocycles. The summed E-state index contributed by atoms with van der Waals surface area (Å²) in [6.07, 6.45) is 1.58. The van der Waals surface area contributed by atoms with Crippen LogP contribution in [-0.4, -0.2) is 31.6 Å². The molecule has 2 aliphatic rings. The van der Waals surface area contributed by atoms with Crippen molar-refractivity contribution in [2.24, 2.45) is 0 Å². The Balaban J connectivity index is 1.78. The Morgan fingerprint density at radius 3 is 2.92 bits per heavy atom. The van der Waals surface area contributed by atoms with Crippen molar-refractivity contribution in [3.05, 3.63) is 48.0 Å². The number of rotatable bonds is 2. The minimum atomic E-state index is 0.105. The van der Waals surface area contributed by atoms with E-state index >= 15 is 0 Å². The normalized spacial score (nSPS) is 20.0. The van der Waals surface area contributed by atoms with E-state index in [1.165, 1.54) is 16.7 Å². The summed E-state index contributed by atoms with van der Waals surface area (Å²) < 4.78 is 0. The zero-order valence-corrected chi connectivity index (χ0v) is 14.0. The smallest absolute Gasteiger partial charge is 0.226 e. The Morgan fingerprint density at radius 2 is 2.04 bits per heavy atom. The molecule has 0 bridgehead atoms. The predicted octanol–water partition coefficient (Wildman–Crippen LogP) is 3.04. The van der Waals surface area contributed by atoms with Crippen LogP contribution in [0, 0.1) is 0 Å². The number of nitrogens with one attached hydrogen (secondary N) is 2. The molecule has 4 rings (SSSR count). The molecular weight excluding hydrogens is 298 g/mol. The maximum absolute atomic E-state index is 12.2. The first-order chi connectivity index (χ1) is 11.7. The van der Waals surface area contributed by atoms with Gasteiger partial charge in [0.1, 0.15) is 0 Å². The van der Waals surface area contributed by atoms with Crippen LogP contribution in [0.3, 0.4) is 0 Å². The summed E-state index contributed by atoms with van der Waals surface area (Å²) in [5.41, 5.74) is 5.86. The molecule has 4 nitrogen and oxygen atoms in total. The van der Waals surface area contributed by atoms with Crippen LogP contribution in [0.2, 0.25) is 0 Å². The molecule has 0 radical (unpaired) electrons. The summed E-state index contributed by atoms with van der Waals surface area (Å²) in [5.74, 6) is 0.105. The van der Waals surface area contributed by atoms with Crippen molar-refractivity contribution >= 4 is 17.3 Å². The van der Waals surface area contributed by atoms with Gasteiger partial charge in [-0.15, -0.1) is 0 Å². The van der Waals surface area contributed by atoms with Gasteiger partial charge in [-0.2, -0.15) is 0 Å². The quantitative estimate of drug-likeness (QED) is 0.893. The molecule has 24 heavy (non-hydrogen) atoms. The zero-order chi connectivity index (χ0) is 16.5. The van der Waals surface area contributed by atoms with Gasteiger partial charge in [-0.3, -0.25) is 4.79 Å². The fourth-order valence-corrected chi connectivity index (χ4v) is 3.70. The summed E-state index contributed by atoms with van der Waals surface area (Å²) in [6, 6.07) is 15.3. The molecule has 124 valence electrons. The maximum Gasteiger partial charge on any atom is 0.226 e. The Hall–Kier alpha value is -2.33. The van der Waals surface area contributed by atoms with E-state index in [-0.39, 0.29) is 11.9 Å². The van der Waals surface area contributed by atoms with Crippen molar-refractivity contribution in [3.63, 3.8) is 0 Å². The maximum atomic E-state index is 12.2. The van der Waals surface area contributed by atoms with Gasteiger partial charge in [0.15, 0.2) is 0 Å². The van der Waals surface area contributed by atoms with Crippen molar-refractivity contribution in [1.82, 2.24) is 5.32 Å². The predicted molar refractivity (Wildman–Crippen MR) is 98.5 cm³/mol. The lowest BCUT2D eigenvalue weighted by Crippen LogP contribution is -2.51. The minimum Gasteiger partial charge on any atom is -0.364 e. The number of nitrogens with zero attached hydrogens (tertiary/aromatic N) is 1. The largest absolute Gasteiger partial charge is 0.364 e. The van der Waals surface area contributed by atoms with E-state index in [1.807, 2.05) is 6.07 Å². The average Bonchev–Trinajstić information content (AvgIpc) is 2.76. The fourth-order valence-electron chi connectivity index (χ4n) is 3.70. The molecule has 4 heteroatoms. The highest BCUT2D eigenvalue weighted by atomic mass is 16.1. The average molecular weight is 321 g/mol. The third-order valence-electron chi connectivity index (χ3n) is 5.02. The van der Waals surface area contributed by atoms with Crippen molar-refractivity contribution in [3.8, 4) is 11.1 Å². The van der Waals surface area contributed by atoms with Crippen LogP contribution in [0.25, 0.3) is 11.1 Å². The van der Waals surface area contributed by atoms with Crippen LogP contribution in [0.1, 0.15) is 18.9 Å². The first-order valence-electron chi connectivity index (χ1n) is 8.75. The highest BCUT2D eigenvalue weighted by Crippen LogP contribution is 2.36. The monoisotopic (exact) mass is 321 g/mol. The first-order valence-corrected chi connectivity index (χ1v) is 8.75. The number of hydrogen-bond donors (Lipinski definition) is 2. The zero-order valence-electron chi connectivity index (χ0n) is 14.0. The topological polar surface area (TPSA) is 44.4 Å². The molecule has 1 saturated heterocycles. The molecule has 0 aliphatic carbocycles. The van der Waals surface area contributed by atoms with Crippen LogP contribution in [0.5, 0.6) is 0 Å². The van der Waals surface area contributed by atoms with Crippen LogP contribution < -0.4 is 15.5 Å². The van der Waals surface area contributed by atoms with Gasteiger partial charge in [0, 0.05) is 26.1 Å². The summed E-state index contributed by atoms with van der Waals surface area (Å²) in [5, 5.41) is 6.47. The van der Waals surface area contributed by atoms with Crippen molar-refractivity contribution in [1.29, 1.82) is 0 Å². The number of amides is 1. The number of anilines is 2. The number of carbonyl (C=O) groups is 1. The van der Waals surface area contributed by atoms with Gasteiger partial charge in [-0.1, -0.05) is 37.3 Å². The molecule has 2 aromatic carbocycles. The summed E-state index contributed by atoms with van der Waals surface area (Å²) in [4.78, 5) is 14.6. The molecule has 2 heterocycles. The first kappa shape index (κ1) is 15.2. The molecule has 1 atom stereocenters. The van der Waals surface area contributed by atoms with E-state index in [0.29, 0.717) is 6.42 Å². The van der Waals surface area contributed by atoms with Gasteiger partial charge < -0.3 is 15.5 Å². The molecular formula is C20H23N3O. The van der Waals surface area contributed by atoms with E-state index in [1.54, 1.807) is 0 Å². The van der Waals surface area contributed by atoms with Crippen LogP contribution in [-0.2, 0) is 11.2 Å². The van der Waals surface area contributed by atoms with E-state index in [9.17, 15) is 4.79 Å². The lowest BCUT2D eigenvalue weighted by atomic mass is 10.00. The number of carbonyl (C=O) groups excluding carboxylic acids is 1. The number of aryl methyl sites for hydroxylation is 1. The Kier molecular flexibility index (Phi) is 3.98. The molecule has 0 aromatic heterocycles. The van der Waals surface area contributed by atoms with Gasteiger partial charge in [-0.05, 0) is 35.2 Å². The van der Waals surface area contributed by atoms with Gasteiger partial charge in [0.2, 0.25) is 5.91 Å². The number of piperazine rings is 1. The van der Waals surface area contributed by atoms with E-state index in [0.717, 1.165) is 37.4 Å². The Morgan fingerprint density at radius 1 is 1.17 bits per heavy atom. The Labute approximate surface area is 142 Å². The molecule has 0 saturated carbocycles. The summed E-state index contributed by atoms with van der Waals surface area (Å²) in [7, 11) is 0. The third-order valence-corrected chi connectivity index (χ3v) is 5.02. The summed E-state index contributed by atoms with van der Waals surface area (Å²) >= 11 is 0. The van der Waals surface area contributed by atoms with Crippen LogP contribution >= 0.6 is 0 Å². The molecule has 2 aromatic rings. The minimum absolute atomic E-state index is 0.105. The summed E-state index contributed by atoms with van der Waals surface area (Å²) in [6.45, 7) is 4.93. The highest BCUT2D eigenvalue weighted by Gasteiger charge is 2.30. The highest BCUT2D eigenvalue weighted by molar-refractivity contribution is 5.97. The Bertz CT molecular complexity index is 771. The second kappa shape index (κ2) is 6.29. The van der Waals surface area contributed by atoms with Gasteiger partial charge in [0.25, 0.3) is 0 Å². The lowest BCUT2D eigenvalue weighted by Gasteiger charge is -2.36. The SMILES string of the molecule is CCc1cccc(-c2ccc3c(c2)N2CCNCC2CC(=O)N3)c1. The van der Waals surface area contributed by atoms with Gasteiger partial charge >= 0.3 is 0 Å². The van der Waals surface area contributed by atoms with Crippen molar-refractivity contribution < 1.29 is 4.79 Å². The molecule has 1 unspecified atom stereocenters. The number of benzene rings is 2. The number of fused-ring (bicyclic) bond motifs is 3. The van der Waals surface area contributed by atoms with E-state index < -0.39 is 0 Å². The van der Waals surface area contributed by atoms with Gasteiger partial charge in [0.05, 0.1) is 17.4 Å². The van der Waals surface area contributed by atoms with E-state index in [2.05, 4.69) is 58.9 Å². The van der Waals surface area contributed by atoms with Crippen molar-refractivity contribution in [2.75, 3.05) is 29.9 Å². The fraction of sp³-hybridized carbons (Fsp3) is 0.350. The van der Waals surface area contributed by atoms with E-state index in [4.69, 9.17) is 0 Å². The van der Waals surface area contributed by atoms with Crippen molar-refractivity contribution in [2.45, 2.75) is 25.8 Å². The molecule has 1 fully saturated rings. The second-order valence-electron chi connectivity index (χ2n) is 6.59. The molecule has 1 amide bonds. The molecule has 2 N–H and O–H groups in total. The molecule has 0 spiro atoms. The second-order valence-corrected chi connectivity index (χ2v) is 6.59. The lowest BCUT2D eigenvalue weighted by molar-refractivity contribution is -0.116. The standard InChI is InChI=1S/C20H23N3O/c1-2-14-4-3-5-15(10-14)16-6-7-18-19(11-16)23-9-8-21-13-17(23)12-20(24)22-18/h3-7,10-11,17,21H,2,8-9,12-13H2,1H3,(H,22,24). The van der Waals surface area contributed by atoms with Gasteiger partial charge in [-0.25, -0.2) is 0 Å². The van der Waals surface area contributed by atoms with Crippen LogP contribution in [0.15, 0.2) is 42.5 Å². The third kappa shape index (κ3) is 2.78. The van der Waals surface area contributed by atoms with Crippen LogP contribution in [0.4, 0.5) is 11.4 Å². The number of hydrogen-bond acceptors (Lipinski definition) is 3.